The van der Waals surface area contributed by atoms with Gasteiger partial charge in [-0.25, -0.2) is 0 Å². The molecule has 1 aliphatic rings. The fourth-order valence-electron chi connectivity index (χ4n) is 3.38. The predicted octanol–water partition coefficient (Wildman–Crippen LogP) is 0.218. The van der Waals surface area contributed by atoms with E-state index in [9.17, 15) is 24.3 Å². The standard InChI is InChI=1S/C18H30N2O7/c1-3-12(6-10(2)18(26)27)16(24)19-8-11-4-5-14(21)13(7-11)17(25)20-9-15(22)23/h10-14,21H,3-9H2,1-2H3,(H,19,24)(H,20,25)(H,22,23)(H,26,27). The summed E-state index contributed by atoms with van der Waals surface area (Å²) >= 11 is 0. The van der Waals surface area contributed by atoms with E-state index in [2.05, 4.69) is 10.6 Å². The summed E-state index contributed by atoms with van der Waals surface area (Å²) in [6, 6.07) is 0. The number of carboxylic acids is 2. The Kier molecular flexibility index (Phi) is 9.20. The van der Waals surface area contributed by atoms with Gasteiger partial charge in [-0.1, -0.05) is 13.8 Å². The van der Waals surface area contributed by atoms with Crippen molar-refractivity contribution in [2.75, 3.05) is 13.1 Å². The minimum Gasteiger partial charge on any atom is -0.481 e. The third-order valence-electron chi connectivity index (χ3n) is 5.16. The van der Waals surface area contributed by atoms with Crippen molar-refractivity contribution in [2.45, 2.75) is 52.1 Å². The number of carbonyl (C=O) groups excluding carboxylic acids is 2. The van der Waals surface area contributed by atoms with Gasteiger partial charge in [-0.2, -0.15) is 0 Å². The van der Waals surface area contributed by atoms with E-state index in [0.717, 1.165) is 0 Å². The molecule has 0 spiro atoms. The van der Waals surface area contributed by atoms with Crippen LogP contribution < -0.4 is 10.6 Å². The van der Waals surface area contributed by atoms with Gasteiger partial charge in [0.25, 0.3) is 0 Å². The summed E-state index contributed by atoms with van der Waals surface area (Å²) in [6.07, 6.45) is 1.38. The van der Waals surface area contributed by atoms with E-state index in [-0.39, 0.29) is 24.2 Å². The first-order chi connectivity index (χ1) is 12.6. The average molecular weight is 386 g/mol. The molecule has 5 atom stereocenters. The zero-order chi connectivity index (χ0) is 20.6. The Bertz CT molecular complexity index is 552. The Morgan fingerprint density at radius 2 is 1.78 bits per heavy atom. The molecular weight excluding hydrogens is 356 g/mol. The zero-order valence-corrected chi connectivity index (χ0v) is 15.8. The maximum Gasteiger partial charge on any atom is 0.322 e. The average Bonchev–Trinajstić information content (AvgIpc) is 2.62. The molecule has 9 nitrogen and oxygen atoms in total. The van der Waals surface area contributed by atoms with Crippen LogP contribution in [0.2, 0.25) is 0 Å². The van der Waals surface area contributed by atoms with Crippen LogP contribution in [0.3, 0.4) is 0 Å². The fraction of sp³-hybridized carbons (Fsp3) is 0.778. The number of amides is 2. The van der Waals surface area contributed by atoms with Crippen LogP contribution in [0.15, 0.2) is 0 Å². The van der Waals surface area contributed by atoms with E-state index in [0.29, 0.717) is 32.2 Å². The highest BCUT2D eigenvalue weighted by Gasteiger charge is 2.34. The largest absolute Gasteiger partial charge is 0.481 e. The maximum atomic E-state index is 12.3. The lowest BCUT2D eigenvalue weighted by molar-refractivity contribution is -0.142. The van der Waals surface area contributed by atoms with Gasteiger partial charge in [0.1, 0.15) is 6.54 Å². The van der Waals surface area contributed by atoms with E-state index in [1.54, 1.807) is 6.92 Å². The fourth-order valence-corrected chi connectivity index (χ4v) is 3.38. The number of aliphatic carboxylic acids is 2. The van der Waals surface area contributed by atoms with E-state index in [1.807, 2.05) is 6.92 Å². The van der Waals surface area contributed by atoms with Gasteiger partial charge in [0.15, 0.2) is 0 Å². The van der Waals surface area contributed by atoms with Crippen LogP contribution in [0, 0.1) is 23.7 Å². The summed E-state index contributed by atoms with van der Waals surface area (Å²) in [4.78, 5) is 45.9. The highest BCUT2D eigenvalue weighted by molar-refractivity contribution is 5.83. The van der Waals surface area contributed by atoms with Gasteiger partial charge in [0.2, 0.25) is 11.8 Å². The molecule has 1 aliphatic carbocycles. The lowest BCUT2D eigenvalue weighted by Gasteiger charge is -2.32. The summed E-state index contributed by atoms with van der Waals surface area (Å²) in [5.74, 6) is -4.49. The van der Waals surface area contributed by atoms with Crippen LogP contribution in [-0.4, -0.2) is 58.3 Å². The van der Waals surface area contributed by atoms with Crippen molar-refractivity contribution < 1.29 is 34.5 Å². The molecule has 5 unspecified atom stereocenters. The third-order valence-corrected chi connectivity index (χ3v) is 5.16. The van der Waals surface area contributed by atoms with E-state index in [1.165, 1.54) is 0 Å². The molecule has 0 bridgehead atoms. The van der Waals surface area contributed by atoms with Gasteiger partial charge >= 0.3 is 11.9 Å². The van der Waals surface area contributed by atoms with E-state index >= 15 is 0 Å². The SMILES string of the molecule is CCC(CC(C)C(=O)O)C(=O)NCC1CCC(O)C(C(=O)NCC(=O)O)C1. The van der Waals surface area contributed by atoms with Crippen molar-refractivity contribution in [1.82, 2.24) is 10.6 Å². The molecule has 0 aromatic heterocycles. The van der Waals surface area contributed by atoms with Crippen molar-refractivity contribution >= 4 is 23.8 Å². The normalized spacial score (nSPS) is 24.5. The van der Waals surface area contributed by atoms with Crippen molar-refractivity contribution in [1.29, 1.82) is 0 Å². The minimum absolute atomic E-state index is 0.00710. The number of carbonyl (C=O) groups is 4. The molecule has 9 heteroatoms. The lowest BCUT2D eigenvalue weighted by atomic mass is 9.78. The first-order valence-corrected chi connectivity index (χ1v) is 9.33. The third kappa shape index (κ3) is 7.54. The number of aliphatic hydroxyl groups is 1. The number of hydrogen-bond acceptors (Lipinski definition) is 5. The Labute approximate surface area is 158 Å². The van der Waals surface area contributed by atoms with Crippen LogP contribution in [-0.2, 0) is 19.2 Å². The van der Waals surface area contributed by atoms with Crippen LogP contribution >= 0.6 is 0 Å². The van der Waals surface area contributed by atoms with Crippen LogP contribution in [0.4, 0.5) is 0 Å². The monoisotopic (exact) mass is 386 g/mol. The Hall–Kier alpha value is -2.16. The second-order valence-corrected chi connectivity index (χ2v) is 7.29. The smallest absolute Gasteiger partial charge is 0.322 e. The first kappa shape index (κ1) is 22.9. The molecule has 1 rings (SSSR count). The van der Waals surface area contributed by atoms with Crippen molar-refractivity contribution in [3.8, 4) is 0 Å². The highest BCUT2D eigenvalue weighted by atomic mass is 16.4. The molecule has 0 aromatic rings. The molecule has 0 aromatic carbocycles. The van der Waals surface area contributed by atoms with E-state index < -0.39 is 42.3 Å². The Morgan fingerprint density at radius 1 is 1.11 bits per heavy atom. The van der Waals surface area contributed by atoms with Gasteiger partial charge in [-0.05, 0) is 38.0 Å². The van der Waals surface area contributed by atoms with Gasteiger partial charge in [0, 0.05) is 12.5 Å². The topological polar surface area (TPSA) is 153 Å². The van der Waals surface area contributed by atoms with Crippen molar-refractivity contribution in [3.05, 3.63) is 0 Å². The van der Waals surface area contributed by atoms with Crippen molar-refractivity contribution in [2.24, 2.45) is 23.7 Å². The number of nitrogens with one attached hydrogen (secondary N) is 2. The predicted molar refractivity (Wildman–Crippen MR) is 95.7 cm³/mol. The highest BCUT2D eigenvalue weighted by Crippen LogP contribution is 2.29. The van der Waals surface area contributed by atoms with Gasteiger partial charge in [0.05, 0.1) is 17.9 Å². The molecule has 1 fully saturated rings. The maximum absolute atomic E-state index is 12.3. The molecule has 0 heterocycles. The quantitative estimate of drug-likeness (QED) is 0.360. The molecular formula is C18H30N2O7. The number of aliphatic hydroxyl groups excluding tert-OH is 1. The Morgan fingerprint density at radius 3 is 2.33 bits per heavy atom. The molecule has 27 heavy (non-hydrogen) atoms. The number of carboxylic acid groups (broad SMARTS) is 2. The van der Waals surface area contributed by atoms with Gasteiger partial charge in [-0.15, -0.1) is 0 Å². The molecule has 2 amide bonds. The van der Waals surface area contributed by atoms with E-state index in [4.69, 9.17) is 10.2 Å². The van der Waals surface area contributed by atoms with Crippen molar-refractivity contribution in [3.63, 3.8) is 0 Å². The second kappa shape index (κ2) is 10.9. The first-order valence-electron chi connectivity index (χ1n) is 9.33. The molecule has 5 N–H and O–H groups in total. The van der Waals surface area contributed by atoms with Crippen LogP contribution in [0.1, 0.15) is 46.0 Å². The summed E-state index contributed by atoms with van der Waals surface area (Å²) in [5, 5.41) is 32.8. The number of hydrogen-bond donors (Lipinski definition) is 5. The van der Waals surface area contributed by atoms with Gasteiger partial charge in [-0.3, -0.25) is 19.2 Å². The number of rotatable bonds is 10. The summed E-state index contributed by atoms with van der Waals surface area (Å²) in [7, 11) is 0. The molecule has 0 aliphatic heterocycles. The van der Waals surface area contributed by atoms with Crippen LogP contribution in [0.5, 0.6) is 0 Å². The van der Waals surface area contributed by atoms with Gasteiger partial charge < -0.3 is 26.0 Å². The Balaban J connectivity index is 2.53. The molecule has 154 valence electrons. The molecule has 0 saturated heterocycles. The summed E-state index contributed by atoms with van der Waals surface area (Å²) < 4.78 is 0. The van der Waals surface area contributed by atoms with Crippen LogP contribution in [0.25, 0.3) is 0 Å². The summed E-state index contributed by atoms with van der Waals surface area (Å²) in [5.41, 5.74) is 0. The zero-order valence-electron chi connectivity index (χ0n) is 15.8. The lowest BCUT2D eigenvalue weighted by Crippen LogP contribution is -2.45. The summed E-state index contributed by atoms with van der Waals surface area (Å²) in [6.45, 7) is 3.25. The minimum atomic E-state index is -1.15. The molecule has 1 saturated carbocycles. The second-order valence-electron chi connectivity index (χ2n) is 7.29. The molecule has 0 radical (unpaired) electrons.